The van der Waals surface area contributed by atoms with Gasteiger partial charge >= 0.3 is 0 Å². The van der Waals surface area contributed by atoms with Crippen molar-refractivity contribution in [1.82, 2.24) is 21.0 Å². The Morgan fingerprint density at radius 3 is 2.50 bits per heavy atom. The first-order chi connectivity index (χ1) is 11.8. The third-order valence-electron chi connectivity index (χ3n) is 4.19. The molecule has 2 heterocycles. The van der Waals surface area contributed by atoms with Gasteiger partial charge in [-0.05, 0) is 36.2 Å². The monoisotopic (exact) mass is 322 g/mol. The van der Waals surface area contributed by atoms with E-state index in [0.29, 0.717) is 11.7 Å². The third-order valence-corrected chi connectivity index (χ3v) is 4.19. The first kappa shape index (κ1) is 14.9. The molecule has 6 heteroatoms. The second-order valence-electron chi connectivity index (χ2n) is 5.72. The molecule has 24 heavy (non-hydrogen) atoms. The predicted octanol–water partition coefficient (Wildman–Crippen LogP) is 3.03. The Morgan fingerprint density at radius 2 is 1.75 bits per heavy atom. The van der Waals surface area contributed by atoms with Crippen molar-refractivity contribution in [2.45, 2.75) is 18.5 Å². The summed E-state index contributed by atoms with van der Waals surface area (Å²) < 4.78 is 10.6. The summed E-state index contributed by atoms with van der Waals surface area (Å²) in [5.41, 5.74) is 8.67. The summed E-state index contributed by atoms with van der Waals surface area (Å²) in [7, 11) is 1.64. The van der Waals surface area contributed by atoms with Crippen LogP contribution < -0.4 is 15.6 Å². The normalized spacial score (nSPS) is 20.2. The van der Waals surface area contributed by atoms with Crippen LogP contribution in [-0.4, -0.2) is 17.3 Å². The van der Waals surface area contributed by atoms with E-state index in [0.717, 1.165) is 17.7 Å². The van der Waals surface area contributed by atoms with Gasteiger partial charge in [-0.15, -0.1) is 0 Å². The van der Waals surface area contributed by atoms with E-state index >= 15 is 0 Å². The van der Waals surface area contributed by atoms with Crippen LogP contribution in [0.25, 0.3) is 11.4 Å². The van der Waals surface area contributed by atoms with E-state index < -0.39 is 0 Å². The molecule has 2 aromatic carbocycles. The van der Waals surface area contributed by atoms with Gasteiger partial charge < -0.3 is 9.26 Å². The molecule has 0 radical (unpaired) electrons. The van der Waals surface area contributed by atoms with Crippen LogP contribution in [0, 0.1) is 0 Å². The molecule has 2 N–H and O–H groups in total. The minimum Gasteiger partial charge on any atom is -0.497 e. The van der Waals surface area contributed by atoms with Crippen LogP contribution >= 0.6 is 0 Å². The largest absolute Gasteiger partial charge is 0.497 e. The van der Waals surface area contributed by atoms with Crippen LogP contribution in [0.2, 0.25) is 0 Å². The molecule has 2 unspecified atom stereocenters. The number of nitrogens with zero attached hydrogens (tertiary/aromatic N) is 2. The van der Waals surface area contributed by atoms with Gasteiger partial charge in [0.25, 0.3) is 0 Å². The van der Waals surface area contributed by atoms with Gasteiger partial charge in [0, 0.05) is 11.6 Å². The molecule has 0 bridgehead atoms. The summed E-state index contributed by atoms with van der Waals surface area (Å²) in [5.74, 6) is 1.97. The number of methoxy groups -OCH3 is 1. The zero-order valence-electron chi connectivity index (χ0n) is 13.3. The Labute approximate surface area is 139 Å². The van der Waals surface area contributed by atoms with Crippen LogP contribution in [0.4, 0.5) is 0 Å². The predicted molar refractivity (Wildman–Crippen MR) is 89.1 cm³/mol. The summed E-state index contributed by atoms with van der Waals surface area (Å²) in [6, 6.07) is 18.1. The van der Waals surface area contributed by atoms with Crippen molar-refractivity contribution in [3.63, 3.8) is 0 Å². The molecule has 6 nitrogen and oxygen atoms in total. The van der Waals surface area contributed by atoms with Crippen LogP contribution in [-0.2, 0) is 0 Å². The van der Waals surface area contributed by atoms with Crippen LogP contribution in [0.1, 0.15) is 30.0 Å². The Morgan fingerprint density at radius 1 is 1.00 bits per heavy atom. The van der Waals surface area contributed by atoms with Crippen molar-refractivity contribution < 1.29 is 9.26 Å². The first-order valence-corrected chi connectivity index (χ1v) is 7.87. The second-order valence-corrected chi connectivity index (χ2v) is 5.72. The molecule has 1 aromatic heterocycles. The topological polar surface area (TPSA) is 72.2 Å². The summed E-state index contributed by atoms with van der Waals surface area (Å²) in [5, 5.41) is 4.09. The maximum atomic E-state index is 5.45. The molecule has 2 atom stereocenters. The van der Waals surface area contributed by atoms with Crippen LogP contribution in [0.15, 0.2) is 59.1 Å². The van der Waals surface area contributed by atoms with Crippen LogP contribution in [0.5, 0.6) is 5.75 Å². The number of rotatable bonds is 4. The number of aromatic nitrogens is 2. The van der Waals surface area contributed by atoms with Crippen molar-refractivity contribution in [2.75, 3.05) is 7.11 Å². The lowest BCUT2D eigenvalue weighted by Crippen LogP contribution is -2.26. The fraction of sp³-hybridized carbons (Fsp3) is 0.222. The smallest absolute Gasteiger partial charge is 0.245 e. The summed E-state index contributed by atoms with van der Waals surface area (Å²) >= 11 is 0. The second kappa shape index (κ2) is 6.43. The van der Waals surface area contributed by atoms with Crippen molar-refractivity contribution in [2.24, 2.45) is 0 Å². The zero-order chi connectivity index (χ0) is 16.4. The highest BCUT2D eigenvalue weighted by Gasteiger charge is 2.30. The average Bonchev–Trinajstić information content (AvgIpc) is 3.32. The van der Waals surface area contributed by atoms with E-state index in [1.165, 1.54) is 5.56 Å². The van der Waals surface area contributed by atoms with Crippen molar-refractivity contribution in [1.29, 1.82) is 0 Å². The van der Waals surface area contributed by atoms with Gasteiger partial charge in [-0.1, -0.05) is 35.5 Å². The number of hydrogen-bond acceptors (Lipinski definition) is 6. The number of hydrazine groups is 1. The molecular weight excluding hydrogens is 304 g/mol. The lowest BCUT2D eigenvalue weighted by atomic mass is 10.0. The maximum absolute atomic E-state index is 5.45. The molecule has 0 saturated carbocycles. The Balaban J connectivity index is 1.49. The molecular formula is C18H18N4O2. The van der Waals surface area contributed by atoms with Gasteiger partial charge in [0.05, 0.1) is 7.11 Å². The molecule has 0 amide bonds. The molecule has 122 valence electrons. The third kappa shape index (κ3) is 2.89. The van der Waals surface area contributed by atoms with E-state index in [-0.39, 0.29) is 12.1 Å². The van der Waals surface area contributed by atoms with Crippen molar-refractivity contribution in [3.05, 3.63) is 66.1 Å². The molecule has 0 spiro atoms. The highest BCUT2D eigenvalue weighted by molar-refractivity contribution is 5.55. The first-order valence-electron chi connectivity index (χ1n) is 7.87. The van der Waals surface area contributed by atoms with E-state index in [1.807, 2.05) is 42.5 Å². The number of hydrogen-bond donors (Lipinski definition) is 2. The fourth-order valence-corrected chi connectivity index (χ4v) is 2.86. The SMILES string of the molecule is COc1ccc(-c2noc(C3CC(c4ccccc4)NN3)n2)cc1. The van der Waals surface area contributed by atoms with E-state index in [1.54, 1.807) is 7.11 Å². The molecule has 0 aliphatic carbocycles. The van der Waals surface area contributed by atoms with Gasteiger partial charge in [-0.2, -0.15) is 4.98 Å². The minimum atomic E-state index is -0.00490. The molecule has 1 aliphatic heterocycles. The van der Waals surface area contributed by atoms with Gasteiger partial charge in [0.1, 0.15) is 11.8 Å². The lowest BCUT2D eigenvalue weighted by Gasteiger charge is -2.08. The number of benzene rings is 2. The number of nitrogens with one attached hydrogen (secondary N) is 2. The van der Waals surface area contributed by atoms with Crippen molar-refractivity contribution in [3.8, 4) is 17.1 Å². The highest BCUT2D eigenvalue weighted by Crippen LogP contribution is 2.31. The zero-order valence-corrected chi connectivity index (χ0v) is 13.3. The maximum Gasteiger partial charge on any atom is 0.245 e. The molecule has 1 saturated heterocycles. The lowest BCUT2D eigenvalue weighted by molar-refractivity contribution is 0.340. The Hall–Kier alpha value is -2.70. The minimum absolute atomic E-state index is 0.00490. The standard InChI is InChI=1S/C18H18N4O2/c1-23-14-9-7-13(8-10-14)17-19-18(24-22-17)16-11-15(20-21-16)12-5-3-2-4-6-12/h2-10,15-16,20-21H,11H2,1H3. The van der Waals surface area contributed by atoms with E-state index in [4.69, 9.17) is 9.26 Å². The van der Waals surface area contributed by atoms with E-state index in [2.05, 4.69) is 33.1 Å². The van der Waals surface area contributed by atoms with E-state index in [9.17, 15) is 0 Å². The Bertz CT molecular complexity index is 801. The summed E-state index contributed by atoms with van der Waals surface area (Å²) in [6.45, 7) is 0. The van der Waals surface area contributed by atoms with Crippen LogP contribution in [0.3, 0.4) is 0 Å². The molecule has 1 aliphatic rings. The van der Waals surface area contributed by atoms with Gasteiger partial charge in [0.2, 0.25) is 11.7 Å². The number of ether oxygens (including phenoxy) is 1. The van der Waals surface area contributed by atoms with Gasteiger partial charge in [-0.3, -0.25) is 0 Å². The van der Waals surface area contributed by atoms with Crippen molar-refractivity contribution >= 4 is 0 Å². The Kier molecular flexibility index (Phi) is 3.98. The fourth-order valence-electron chi connectivity index (χ4n) is 2.86. The molecule has 3 aromatic rings. The molecule has 1 fully saturated rings. The average molecular weight is 322 g/mol. The highest BCUT2D eigenvalue weighted by atomic mass is 16.5. The molecule has 4 rings (SSSR count). The summed E-state index contributed by atoms with van der Waals surface area (Å²) in [4.78, 5) is 4.53. The van der Waals surface area contributed by atoms with Gasteiger partial charge in [-0.25, -0.2) is 10.9 Å². The summed E-state index contributed by atoms with van der Waals surface area (Å²) in [6.07, 6.45) is 0.855. The van der Waals surface area contributed by atoms with Gasteiger partial charge in [0.15, 0.2) is 0 Å². The quantitative estimate of drug-likeness (QED) is 0.769.